The van der Waals surface area contributed by atoms with E-state index in [1.165, 1.54) is 9.58 Å². The van der Waals surface area contributed by atoms with Crippen molar-refractivity contribution in [2.45, 2.75) is 26.0 Å². The minimum atomic E-state index is -0.933. The van der Waals surface area contributed by atoms with Crippen LogP contribution in [-0.2, 0) is 6.54 Å². The summed E-state index contributed by atoms with van der Waals surface area (Å²) < 4.78 is 1.52. The van der Waals surface area contributed by atoms with Gasteiger partial charge < -0.3 is 15.7 Å². The minimum Gasteiger partial charge on any atom is -0.389 e. The fraction of sp³-hybridized carbons (Fsp3) is 0.700. The summed E-state index contributed by atoms with van der Waals surface area (Å²) in [5.74, 6) is -0.268. The summed E-state index contributed by atoms with van der Waals surface area (Å²) in [4.78, 5) is 13.3. The van der Waals surface area contributed by atoms with Crippen LogP contribution in [0.2, 0.25) is 0 Å². The van der Waals surface area contributed by atoms with Crippen molar-refractivity contribution in [1.29, 1.82) is 0 Å². The van der Waals surface area contributed by atoms with Crippen molar-refractivity contribution < 1.29 is 9.90 Å². The first-order valence-electron chi connectivity index (χ1n) is 5.41. The molecule has 0 fully saturated rings. The Bertz CT molecular complexity index is 382. The van der Waals surface area contributed by atoms with Gasteiger partial charge in [-0.15, -0.1) is 5.10 Å². The molecule has 0 unspecified atom stereocenters. The molecule has 0 aliphatic carbocycles. The number of carbonyl (C=O) groups excluding carboxylic acids is 1. The van der Waals surface area contributed by atoms with E-state index < -0.39 is 5.60 Å². The molecule has 0 aliphatic heterocycles. The van der Waals surface area contributed by atoms with E-state index in [-0.39, 0.29) is 18.1 Å². The number of aliphatic hydroxyl groups is 1. The summed E-state index contributed by atoms with van der Waals surface area (Å²) >= 11 is 0. The highest BCUT2D eigenvalue weighted by molar-refractivity contribution is 5.91. The molecule has 0 spiro atoms. The van der Waals surface area contributed by atoms with Crippen LogP contribution in [0.5, 0.6) is 0 Å². The van der Waals surface area contributed by atoms with Gasteiger partial charge in [0.05, 0.1) is 18.3 Å². The Morgan fingerprint density at radius 3 is 2.82 bits per heavy atom. The van der Waals surface area contributed by atoms with E-state index in [0.29, 0.717) is 13.1 Å². The topological polar surface area (TPSA) is 97.3 Å². The van der Waals surface area contributed by atoms with Gasteiger partial charge in [-0.05, 0) is 13.8 Å². The van der Waals surface area contributed by atoms with Gasteiger partial charge >= 0.3 is 0 Å². The lowest BCUT2D eigenvalue weighted by Crippen LogP contribution is -2.39. The lowest BCUT2D eigenvalue weighted by Gasteiger charge is -2.24. The summed E-state index contributed by atoms with van der Waals surface area (Å²) in [5, 5.41) is 17.2. The molecule has 1 rings (SSSR count). The predicted molar refractivity (Wildman–Crippen MR) is 62.3 cm³/mol. The maximum atomic E-state index is 11.9. The molecule has 7 heteroatoms. The maximum Gasteiger partial charge on any atom is 0.275 e. The third-order valence-electron chi connectivity index (χ3n) is 2.09. The highest BCUT2D eigenvalue weighted by Gasteiger charge is 2.22. The predicted octanol–water partition coefficient (Wildman–Crippen LogP) is -0.920. The number of nitrogens with zero attached hydrogens (tertiary/aromatic N) is 4. The molecule has 0 saturated carbocycles. The van der Waals surface area contributed by atoms with E-state index in [2.05, 4.69) is 10.3 Å². The van der Waals surface area contributed by atoms with Crippen LogP contribution in [0.4, 0.5) is 0 Å². The third kappa shape index (κ3) is 4.12. The van der Waals surface area contributed by atoms with E-state index in [1.807, 2.05) is 0 Å². The first kappa shape index (κ1) is 13.6. The molecule has 1 aromatic heterocycles. The second-order valence-corrected chi connectivity index (χ2v) is 4.63. The fourth-order valence-electron chi connectivity index (χ4n) is 1.49. The van der Waals surface area contributed by atoms with Crippen molar-refractivity contribution in [2.24, 2.45) is 5.73 Å². The molecule has 17 heavy (non-hydrogen) atoms. The molecule has 1 amide bonds. The zero-order valence-corrected chi connectivity index (χ0v) is 10.4. The molecule has 1 heterocycles. The van der Waals surface area contributed by atoms with Crippen LogP contribution in [0, 0.1) is 0 Å². The van der Waals surface area contributed by atoms with E-state index in [4.69, 9.17) is 5.73 Å². The van der Waals surface area contributed by atoms with Gasteiger partial charge in [0.2, 0.25) is 0 Å². The molecule has 0 saturated heterocycles. The van der Waals surface area contributed by atoms with Gasteiger partial charge in [-0.1, -0.05) is 5.21 Å². The second kappa shape index (κ2) is 5.24. The van der Waals surface area contributed by atoms with Crippen molar-refractivity contribution in [2.75, 3.05) is 20.1 Å². The molecule has 7 nitrogen and oxygen atoms in total. The zero-order valence-electron chi connectivity index (χ0n) is 10.4. The SMILES string of the molecule is CN(CC(C)(C)O)C(=O)c1cn(CCN)nn1. The lowest BCUT2D eigenvalue weighted by atomic mass is 10.1. The second-order valence-electron chi connectivity index (χ2n) is 4.63. The molecule has 0 bridgehead atoms. The van der Waals surface area contributed by atoms with Gasteiger partial charge in [-0.2, -0.15) is 0 Å². The van der Waals surface area contributed by atoms with E-state index in [0.717, 1.165) is 0 Å². The van der Waals surface area contributed by atoms with Gasteiger partial charge in [0.15, 0.2) is 5.69 Å². The highest BCUT2D eigenvalue weighted by Crippen LogP contribution is 2.06. The van der Waals surface area contributed by atoms with E-state index >= 15 is 0 Å². The number of likely N-dealkylation sites (N-methyl/N-ethyl adjacent to an activating group) is 1. The molecule has 0 aromatic carbocycles. The summed E-state index contributed by atoms with van der Waals surface area (Å²) in [6.45, 7) is 4.48. The van der Waals surface area contributed by atoms with Crippen LogP contribution in [0.1, 0.15) is 24.3 Å². The van der Waals surface area contributed by atoms with E-state index in [1.54, 1.807) is 27.1 Å². The normalized spacial score (nSPS) is 11.6. The Balaban J connectivity index is 2.68. The lowest BCUT2D eigenvalue weighted by molar-refractivity contribution is 0.0365. The Morgan fingerprint density at radius 1 is 1.65 bits per heavy atom. The smallest absolute Gasteiger partial charge is 0.275 e. The Morgan fingerprint density at radius 2 is 2.29 bits per heavy atom. The number of amides is 1. The Labute approximate surface area is 100 Å². The number of nitrogens with two attached hydrogens (primary N) is 1. The molecule has 0 radical (unpaired) electrons. The van der Waals surface area contributed by atoms with Crippen LogP contribution in [0.15, 0.2) is 6.20 Å². The molecule has 96 valence electrons. The average Bonchev–Trinajstić information content (AvgIpc) is 2.63. The van der Waals surface area contributed by atoms with Crippen LogP contribution >= 0.6 is 0 Å². The molecule has 0 aliphatic rings. The minimum absolute atomic E-state index is 0.232. The quantitative estimate of drug-likeness (QED) is 0.695. The number of carbonyl (C=O) groups is 1. The molecule has 0 atom stereocenters. The van der Waals surface area contributed by atoms with Crippen molar-refractivity contribution in [3.05, 3.63) is 11.9 Å². The average molecular weight is 241 g/mol. The van der Waals surface area contributed by atoms with Gasteiger partial charge in [-0.3, -0.25) is 9.48 Å². The molecular formula is C10H19N5O2. The standard InChI is InChI=1S/C10H19N5O2/c1-10(2,17)7-14(3)9(16)8-6-15(5-4-11)13-12-8/h6,17H,4-5,7,11H2,1-3H3. The van der Waals surface area contributed by atoms with Crippen molar-refractivity contribution in [3.8, 4) is 0 Å². The van der Waals surface area contributed by atoms with Gasteiger partial charge in [0.1, 0.15) is 0 Å². The molecule has 3 N–H and O–H groups in total. The van der Waals surface area contributed by atoms with Crippen LogP contribution in [0.3, 0.4) is 0 Å². The highest BCUT2D eigenvalue weighted by atomic mass is 16.3. The first-order chi connectivity index (χ1) is 7.83. The van der Waals surface area contributed by atoms with Crippen molar-refractivity contribution in [1.82, 2.24) is 19.9 Å². The maximum absolute atomic E-state index is 11.9. The number of hydrogen-bond acceptors (Lipinski definition) is 5. The molecule has 1 aromatic rings. The summed E-state index contributed by atoms with van der Waals surface area (Å²) in [5.41, 5.74) is 4.69. The van der Waals surface area contributed by atoms with Crippen LogP contribution < -0.4 is 5.73 Å². The summed E-state index contributed by atoms with van der Waals surface area (Å²) in [7, 11) is 1.61. The van der Waals surface area contributed by atoms with Crippen LogP contribution in [0.25, 0.3) is 0 Å². The number of hydrogen-bond donors (Lipinski definition) is 2. The Kier molecular flexibility index (Phi) is 4.19. The fourth-order valence-corrected chi connectivity index (χ4v) is 1.49. The first-order valence-corrected chi connectivity index (χ1v) is 5.41. The number of aromatic nitrogens is 3. The summed E-state index contributed by atoms with van der Waals surface area (Å²) in [6.07, 6.45) is 1.55. The van der Waals surface area contributed by atoms with Gasteiger partial charge in [0.25, 0.3) is 5.91 Å². The van der Waals surface area contributed by atoms with Crippen molar-refractivity contribution in [3.63, 3.8) is 0 Å². The third-order valence-corrected chi connectivity index (χ3v) is 2.09. The monoisotopic (exact) mass is 241 g/mol. The number of rotatable bonds is 5. The Hall–Kier alpha value is -1.47. The molecular weight excluding hydrogens is 222 g/mol. The van der Waals surface area contributed by atoms with Gasteiger partial charge in [0, 0.05) is 20.1 Å². The summed E-state index contributed by atoms with van der Waals surface area (Å²) in [6, 6.07) is 0. The zero-order chi connectivity index (χ0) is 13.1. The van der Waals surface area contributed by atoms with E-state index in [9.17, 15) is 9.90 Å². The van der Waals surface area contributed by atoms with Crippen LogP contribution in [-0.4, -0.2) is 56.6 Å². The van der Waals surface area contributed by atoms with Gasteiger partial charge in [-0.25, -0.2) is 0 Å². The largest absolute Gasteiger partial charge is 0.389 e. The van der Waals surface area contributed by atoms with Crippen molar-refractivity contribution >= 4 is 5.91 Å².